The third kappa shape index (κ3) is 2.53. The minimum Gasteiger partial charge on any atom is -0.281 e. The van der Waals surface area contributed by atoms with Crippen molar-refractivity contribution >= 4 is 22.5 Å². The maximum absolute atomic E-state index is 11.1. The molecule has 0 aliphatic heterocycles. The molecule has 15 heavy (non-hydrogen) atoms. The lowest BCUT2D eigenvalue weighted by Crippen LogP contribution is -2.08. The first-order valence-corrected chi connectivity index (χ1v) is 4.88. The van der Waals surface area contributed by atoms with Gasteiger partial charge in [0.1, 0.15) is 0 Å². The first-order chi connectivity index (χ1) is 7.07. The highest BCUT2D eigenvalue weighted by molar-refractivity contribution is 6.64. The van der Waals surface area contributed by atoms with Crippen molar-refractivity contribution in [1.29, 1.82) is 0 Å². The van der Waals surface area contributed by atoms with Gasteiger partial charge in [-0.05, 0) is 18.0 Å². The Balaban J connectivity index is 3.22. The summed E-state index contributed by atoms with van der Waals surface area (Å²) in [6, 6.07) is 6.16. The highest BCUT2D eigenvalue weighted by Crippen LogP contribution is 2.30. The summed E-state index contributed by atoms with van der Waals surface area (Å²) in [4.78, 5) is 21.3. The van der Waals surface area contributed by atoms with Crippen molar-refractivity contribution < 1.29 is 9.72 Å². The standard InChI is InChI=1S/C10H10ClNO3/c1-2-7(10(11)13)8-5-3-4-6-9(8)12(14)15/h3-7H,2H2,1H3. The molecular formula is C10H10ClNO3. The number of carbonyl (C=O) groups excluding carboxylic acids is 1. The van der Waals surface area contributed by atoms with Gasteiger partial charge in [0, 0.05) is 11.6 Å². The van der Waals surface area contributed by atoms with Crippen molar-refractivity contribution in [3.63, 3.8) is 0 Å². The number of nitro benzene ring substituents is 1. The number of para-hydroxylation sites is 1. The molecule has 0 N–H and O–H groups in total. The summed E-state index contributed by atoms with van der Waals surface area (Å²) in [7, 11) is 0. The lowest BCUT2D eigenvalue weighted by molar-refractivity contribution is -0.385. The van der Waals surface area contributed by atoms with Gasteiger partial charge in [0.05, 0.1) is 10.8 Å². The van der Waals surface area contributed by atoms with E-state index in [0.29, 0.717) is 12.0 Å². The molecule has 0 radical (unpaired) electrons. The zero-order valence-electron chi connectivity index (χ0n) is 8.14. The molecule has 80 valence electrons. The van der Waals surface area contributed by atoms with Crippen LogP contribution >= 0.6 is 11.6 Å². The van der Waals surface area contributed by atoms with Crippen LogP contribution in [0.4, 0.5) is 5.69 Å². The summed E-state index contributed by atoms with van der Waals surface area (Å²) in [5, 5.41) is 10.2. The van der Waals surface area contributed by atoms with Gasteiger partial charge in [-0.2, -0.15) is 0 Å². The molecule has 1 atom stereocenters. The SMILES string of the molecule is CCC(C(=O)Cl)c1ccccc1[N+](=O)[O-]. The van der Waals surface area contributed by atoms with Gasteiger partial charge in [0.2, 0.25) is 5.24 Å². The molecule has 0 fully saturated rings. The average molecular weight is 228 g/mol. The maximum atomic E-state index is 11.1. The third-order valence-electron chi connectivity index (χ3n) is 2.19. The van der Waals surface area contributed by atoms with Crippen LogP contribution in [-0.2, 0) is 4.79 Å². The molecule has 1 unspecified atom stereocenters. The topological polar surface area (TPSA) is 60.2 Å². The van der Waals surface area contributed by atoms with Crippen molar-refractivity contribution in [2.75, 3.05) is 0 Å². The quantitative estimate of drug-likeness (QED) is 0.451. The van der Waals surface area contributed by atoms with Gasteiger partial charge in [-0.3, -0.25) is 14.9 Å². The zero-order valence-corrected chi connectivity index (χ0v) is 8.90. The smallest absolute Gasteiger partial charge is 0.273 e. The molecule has 0 amide bonds. The third-order valence-corrected chi connectivity index (χ3v) is 2.45. The molecule has 1 aromatic carbocycles. The fourth-order valence-electron chi connectivity index (χ4n) is 1.45. The molecule has 0 saturated carbocycles. The van der Waals surface area contributed by atoms with E-state index in [1.165, 1.54) is 6.07 Å². The van der Waals surface area contributed by atoms with Crippen LogP contribution in [0.3, 0.4) is 0 Å². The molecule has 0 bridgehead atoms. The lowest BCUT2D eigenvalue weighted by atomic mass is 9.96. The van der Waals surface area contributed by atoms with E-state index in [9.17, 15) is 14.9 Å². The van der Waals surface area contributed by atoms with Gasteiger partial charge >= 0.3 is 0 Å². The number of hydrogen-bond donors (Lipinski definition) is 0. The summed E-state index contributed by atoms with van der Waals surface area (Å²) < 4.78 is 0. The zero-order chi connectivity index (χ0) is 11.4. The van der Waals surface area contributed by atoms with Crippen LogP contribution in [0.15, 0.2) is 24.3 Å². The molecule has 0 spiro atoms. The van der Waals surface area contributed by atoms with E-state index in [1.807, 2.05) is 0 Å². The van der Waals surface area contributed by atoms with E-state index < -0.39 is 16.1 Å². The van der Waals surface area contributed by atoms with Crippen LogP contribution in [0.1, 0.15) is 24.8 Å². The monoisotopic (exact) mass is 227 g/mol. The van der Waals surface area contributed by atoms with Gasteiger partial charge in [0.25, 0.3) is 5.69 Å². The highest BCUT2D eigenvalue weighted by atomic mass is 35.5. The van der Waals surface area contributed by atoms with E-state index in [2.05, 4.69) is 0 Å². The number of hydrogen-bond acceptors (Lipinski definition) is 3. The molecular weight excluding hydrogens is 218 g/mol. The van der Waals surface area contributed by atoms with Crippen molar-refractivity contribution in [3.05, 3.63) is 39.9 Å². The Morgan fingerprint density at radius 3 is 2.60 bits per heavy atom. The normalized spacial score (nSPS) is 12.1. The Kier molecular flexibility index (Phi) is 3.80. The van der Waals surface area contributed by atoms with Gasteiger partial charge < -0.3 is 0 Å². The molecule has 0 saturated heterocycles. The number of rotatable bonds is 4. The molecule has 0 aliphatic carbocycles. The summed E-state index contributed by atoms with van der Waals surface area (Å²) in [5.41, 5.74) is 0.323. The van der Waals surface area contributed by atoms with Crippen molar-refractivity contribution in [1.82, 2.24) is 0 Å². The summed E-state index contributed by atoms with van der Waals surface area (Å²) >= 11 is 5.39. The second-order valence-electron chi connectivity index (χ2n) is 3.08. The molecule has 1 rings (SSSR count). The van der Waals surface area contributed by atoms with Crippen LogP contribution in [0.2, 0.25) is 0 Å². The Hall–Kier alpha value is -1.42. The minimum absolute atomic E-state index is 0.0571. The number of nitro groups is 1. The van der Waals surface area contributed by atoms with E-state index in [4.69, 9.17) is 11.6 Å². The van der Waals surface area contributed by atoms with E-state index in [-0.39, 0.29) is 5.69 Å². The first-order valence-electron chi connectivity index (χ1n) is 4.50. The van der Waals surface area contributed by atoms with E-state index in [1.54, 1.807) is 25.1 Å². The predicted molar refractivity (Wildman–Crippen MR) is 57.0 cm³/mol. The number of nitrogens with zero attached hydrogens (tertiary/aromatic N) is 1. The summed E-state index contributed by atoms with van der Waals surface area (Å²) in [6.07, 6.45) is 0.452. The molecule has 0 aromatic heterocycles. The average Bonchev–Trinajstić information content (AvgIpc) is 2.18. The van der Waals surface area contributed by atoms with Gasteiger partial charge in [-0.25, -0.2) is 0 Å². The van der Waals surface area contributed by atoms with Crippen molar-refractivity contribution in [2.45, 2.75) is 19.3 Å². The Labute approximate surface area is 92.0 Å². The number of benzene rings is 1. The second-order valence-corrected chi connectivity index (χ2v) is 3.45. The predicted octanol–water partition coefficient (Wildman–Crippen LogP) is 2.85. The van der Waals surface area contributed by atoms with Crippen LogP contribution in [0.25, 0.3) is 0 Å². The second kappa shape index (κ2) is 4.89. The number of halogens is 1. The summed E-state index contributed by atoms with van der Waals surface area (Å²) in [5.74, 6) is -0.603. The Morgan fingerprint density at radius 1 is 1.53 bits per heavy atom. The molecule has 4 nitrogen and oxygen atoms in total. The Morgan fingerprint density at radius 2 is 2.13 bits per heavy atom. The molecule has 1 aromatic rings. The minimum atomic E-state index is -0.603. The van der Waals surface area contributed by atoms with Crippen molar-refractivity contribution in [2.24, 2.45) is 0 Å². The lowest BCUT2D eigenvalue weighted by Gasteiger charge is -2.09. The molecule has 0 aliphatic rings. The Bertz CT molecular complexity index is 392. The van der Waals surface area contributed by atoms with Gasteiger partial charge in [-0.15, -0.1) is 0 Å². The van der Waals surface area contributed by atoms with Crippen LogP contribution in [0.5, 0.6) is 0 Å². The van der Waals surface area contributed by atoms with Gasteiger partial charge in [0.15, 0.2) is 0 Å². The molecule has 5 heteroatoms. The van der Waals surface area contributed by atoms with Gasteiger partial charge in [-0.1, -0.05) is 25.1 Å². The molecule has 0 heterocycles. The van der Waals surface area contributed by atoms with Crippen LogP contribution in [0, 0.1) is 10.1 Å². The van der Waals surface area contributed by atoms with Crippen LogP contribution in [-0.4, -0.2) is 10.2 Å². The van der Waals surface area contributed by atoms with Crippen LogP contribution < -0.4 is 0 Å². The highest BCUT2D eigenvalue weighted by Gasteiger charge is 2.24. The maximum Gasteiger partial charge on any atom is 0.273 e. The van der Waals surface area contributed by atoms with E-state index in [0.717, 1.165) is 0 Å². The summed E-state index contributed by atoms with van der Waals surface area (Å²) in [6.45, 7) is 1.77. The fraction of sp³-hybridized carbons (Fsp3) is 0.300. The largest absolute Gasteiger partial charge is 0.281 e. The van der Waals surface area contributed by atoms with E-state index >= 15 is 0 Å². The number of carbonyl (C=O) groups is 1. The fourth-order valence-corrected chi connectivity index (χ4v) is 1.72. The first kappa shape index (κ1) is 11.7. The van der Waals surface area contributed by atoms with Crippen molar-refractivity contribution in [3.8, 4) is 0 Å².